The van der Waals surface area contributed by atoms with E-state index in [0.717, 1.165) is 60.8 Å². The molecule has 4 nitrogen and oxygen atoms in total. The van der Waals surface area contributed by atoms with Crippen molar-refractivity contribution in [2.45, 2.75) is 32.6 Å². The summed E-state index contributed by atoms with van der Waals surface area (Å²) in [7, 11) is 0. The first-order valence-corrected chi connectivity index (χ1v) is 9.05. The van der Waals surface area contributed by atoms with E-state index in [1.54, 1.807) is 6.20 Å². The van der Waals surface area contributed by atoms with E-state index in [9.17, 15) is 13.2 Å². The number of hydrogen-bond donors (Lipinski definition) is 0. The summed E-state index contributed by atoms with van der Waals surface area (Å²) < 4.78 is 38.0. The number of benzene rings is 1. The van der Waals surface area contributed by atoms with Gasteiger partial charge in [0.2, 0.25) is 0 Å². The smallest absolute Gasteiger partial charge is 0.294 e. The Kier molecular flexibility index (Phi) is 4.85. The second kappa shape index (κ2) is 7.31. The molecule has 1 aromatic carbocycles. The lowest BCUT2D eigenvalue weighted by molar-refractivity contribution is -0.137. The fraction of sp³-hybridized carbons (Fsp3) is 0.286. The zero-order valence-corrected chi connectivity index (χ0v) is 15.4. The normalized spacial score (nSPS) is 14.7. The zero-order chi connectivity index (χ0) is 19.7. The van der Waals surface area contributed by atoms with Gasteiger partial charge in [-0.1, -0.05) is 18.2 Å². The third-order valence-corrected chi connectivity index (χ3v) is 4.87. The molecule has 0 aliphatic carbocycles. The maximum atomic E-state index is 12.7. The molecule has 0 unspecified atom stereocenters. The van der Waals surface area contributed by atoms with Crippen LogP contribution in [0.5, 0.6) is 0 Å². The summed E-state index contributed by atoms with van der Waals surface area (Å²) in [5, 5.41) is 0. The van der Waals surface area contributed by atoms with Crippen molar-refractivity contribution in [2.75, 3.05) is 6.54 Å². The number of halogens is 3. The van der Waals surface area contributed by atoms with E-state index in [4.69, 9.17) is 0 Å². The Morgan fingerprint density at radius 1 is 1.00 bits per heavy atom. The summed E-state index contributed by atoms with van der Waals surface area (Å²) in [6.45, 7) is 4.38. The van der Waals surface area contributed by atoms with Crippen LogP contribution >= 0.6 is 0 Å². The summed E-state index contributed by atoms with van der Waals surface area (Å²) in [4.78, 5) is 15.5. The Bertz CT molecular complexity index is 966. The summed E-state index contributed by atoms with van der Waals surface area (Å²) >= 11 is 0. The lowest BCUT2D eigenvalue weighted by Gasteiger charge is -2.27. The first-order valence-electron chi connectivity index (χ1n) is 9.05. The maximum Gasteiger partial charge on any atom is 0.416 e. The standard InChI is InChI=1S/C21H19F3N4/c1-14-25-11-17-13-28(9-8-20(17)27-14)12-15-2-7-19(26-10-15)16-3-5-18(6-4-16)21(22,23)24/h2-7,10-11H,8-9,12-13H2,1H3. The number of aromatic nitrogens is 3. The van der Waals surface area contributed by atoms with Gasteiger partial charge in [-0.15, -0.1) is 0 Å². The minimum Gasteiger partial charge on any atom is -0.294 e. The third kappa shape index (κ3) is 4.04. The molecule has 1 aliphatic rings. The average Bonchev–Trinajstić information content (AvgIpc) is 2.68. The molecular weight excluding hydrogens is 365 g/mol. The number of fused-ring (bicyclic) bond motifs is 1. The Morgan fingerprint density at radius 3 is 2.46 bits per heavy atom. The second-order valence-electron chi connectivity index (χ2n) is 6.98. The molecule has 3 heterocycles. The van der Waals surface area contributed by atoms with Crippen LogP contribution in [0.25, 0.3) is 11.3 Å². The Hall–Kier alpha value is -2.80. The fourth-order valence-electron chi connectivity index (χ4n) is 3.39. The van der Waals surface area contributed by atoms with Gasteiger partial charge < -0.3 is 0 Å². The van der Waals surface area contributed by atoms with Gasteiger partial charge in [-0.05, 0) is 30.7 Å². The van der Waals surface area contributed by atoms with Crippen LogP contribution in [0.1, 0.15) is 28.2 Å². The lowest BCUT2D eigenvalue weighted by atomic mass is 10.1. The Morgan fingerprint density at radius 2 is 1.79 bits per heavy atom. The predicted octanol–water partition coefficient (Wildman–Crippen LogP) is 4.42. The van der Waals surface area contributed by atoms with Crippen LogP contribution < -0.4 is 0 Å². The van der Waals surface area contributed by atoms with Crippen LogP contribution in [-0.4, -0.2) is 26.4 Å². The first-order chi connectivity index (χ1) is 13.4. The summed E-state index contributed by atoms with van der Waals surface area (Å²) in [6.07, 6.45) is 0.256. The molecule has 0 atom stereocenters. The lowest BCUT2D eigenvalue weighted by Crippen LogP contribution is -2.31. The summed E-state index contributed by atoms with van der Waals surface area (Å²) in [6, 6.07) is 8.89. The maximum absolute atomic E-state index is 12.7. The molecule has 3 aromatic rings. The van der Waals surface area contributed by atoms with Crippen LogP contribution in [0.15, 0.2) is 48.8 Å². The molecule has 7 heteroatoms. The molecule has 2 aromatic heterocycles. The van der Waals surface area contributed by atoms with Gasteiger partial charge in [0.15, 0.2) is 0 Å². The average molecular weight is 384 g/mol. The van der Waals surface area contributed by atoms with Gasteiger partial charge in [0.25, 0.3) is 0 Å². The van der Waals surface area contributed by atoms with E-state index in [0.29, 0.717) is 11.3 Å². The third-order valence-electron chi connectivity index (χ3n) is 4.87. The van der Waals surface area contributed by atoms with Gasteiger partial charge in [0, 0.05) is 55.3 Å². The van der Waals surface area contributed by atoms with Crippen molar-refractivity contribution in [3.8, 4) is 11.3 Å². The molecule has 0 saturated carbocycles. The van der Waals surface area contributed by atoms with E-state index >= 15 is 0 Å². The highest BCUT2D eigenvalue weighted by Gasteiger charge is 2.30. The molecular formula is C21H19F3N4. The number of nitrogens with zero attached hydrogens (tertiary/aromatic N) is 4. The highest BCUT2D eigenvalue weighted by Crippen LogP contribution is 2.30. The quantitative estimate of drug-likeness (QED) is 0.670. The molecule has 0 saturated heterocycles. The molecule has 0 amide bonds. The van der Waals surface area contributed by atoms with Crippen LogP contribution in [0, 0.1) is 6.92 Å². The van der Waals surface area contributed by atoms with Gasteiger partial charge in [0.1, 0.15) is 5.82 Å². The van der Waals surface area contributed by atoms with Gasteiger partial charge in [-0.2, -0.15) is 13.2 Å². The van der Waals surface area contributed by atoms with Crippen LogP contribution in [0.3, 0.4) is 0 Å². The molecule has 0 bridgehead atoms. The van der Waals surface area contributed by atoms with Gasteiger partial charge in [-0.25, -0.2) is 9.97 Å². The highest BCUT2D eigenvalue weighted by molar-refractivity contribution is 5.59. The molecule has 144 valence electrons. The predicted molar refractivity (Wildman–Crippen MR) is 99.3 cm³/mol. The summed E-state index contributed by atoms with van der Waals surface area (Å²) in [5.41, 5.74) is 4.01. The summed E-state index contributed by atoms with van der Waals surface area (Å²) in [5.74, 6) is 0.801. The molecule has 1 aliphatic heterocycles. The van der Waals surface area contributed by atoms with Crippen LogP contribution in [0.2, 0.25) is 0 Å². The van der Waals surface area contributed by atoms with Crippen molar-refractivity contribution < 1.29 is 13.2 Å². The van der Waals surface area contributed by atoms with Crippen molar-refractivity contribution in [1.29, 1.82) is 0 Å². The molecule has 28 heavy (non-hydrogen) atoms. The number of rotatable bonds is 3. The number of alkyl halides is 3. The highest BCUT2D eigenvalue weighted by atomic mass is 19.4. The van der Waals surface area contributed by atoms with Crippen molar-refractivity contribution in [1.82, 2.24) is 19.9 Å². The van der Waals surface area contributed by atoms with E-state index < -0.39 is 11.7 Å². The number of aryl methyl sites for hydroxylation is 1. The van der Waals surface area contributed by atoms with E-state index in [2.05, 4.69) is 19.9 Å². The van der Waals surface area contributed by atoms with Crippen molar-refractivity contribution >= 4 is 0 Å². The second-order valence-corrected chi connectivity index (χ2v) is 6.98. The molecule has 0 spiro atoms. The monoisotopic (exact) mass is 384 g/mol. The number of hydrogen-bond acceptors (Lipinski definition) is 4. The minimum absolute atomic E-state index is 0.655. The van der Waals surface area contributed by atoms with E-state index in [-0.39, 0.29) is 0 Å². The van der Waals surface area contributed by atoms with Crippen LogP contribution in [0.4, 0.5) is 13.2 Å². The fourth-order valence-corrected chi connectivity index (χ4v) is 3.39. The van der Waals surface area contributed by atoms with Crippen LogP contribution in [-0.2, 0) is 25.7 Å². The first kappa shape index (κ1) is 18.6. The molecule has 4 rings (SSSR count). The Balaban J connectivity index is 1.43. The van der Waals surface area contributed by atoms with Gasteiger partial charge in [0.05, 0.1) is 11.3 Å². The molecule has 0 radical (unpaired) electrons. The zero-order valence-electron chi connectivity index (χ0n) is 15.4. The molecule has 0 fully saturated rings. The number of pyridine rings is 1. The van der Waals surface area contributed by atoms with E-state index in [1.807, 2.05) is 25.3 Å². The van der Waals surface area contributed by atoms with Crippen molar-refractivity contribution in [3.63, 3.8) is 0 Å². The SMILES string of the molecule is Cc1ncc2c(n1)CCN(Cc1ccc(-c3ccc(C(F)(F)F)cc3)nc1)C2. The van der Waals surface area contributed by atoms with Crippen molar-refractivity contribution in [2.24, 2.45) is 0 Å². The van der Waals surface area contributed by atoms with Gasteiger partial charge >= 0.3 is 6.18 Å². The van der Waals surface area contributed by atoms with E-state index in [1.165, 1.54) is 12.1 Å². The Labute approximate surface area is 161 Å². The van der Waals surface area contributed by atoms with Crippen molar-refractivity contribution in [3.05, 3.63) is 77.0 Å². The minimum atomic E-state index is -4.33. The topological polar surface area (TPSA) is 41.9 Å². The largest absolute Gasteiger partial charge is 0.416 e. The molecule has 0 N–H and O–H groups in total. The van der Waals surface area contributed by atoms with Gasteiger partial charge in [-0.3, -0.25) is 9.88 Å².